The van der Waals surface area contributed by atoms with E-state index < -0.39 is 0 Å². The van der Waals surface area contributed by atoms with Crippen molar-refractivity contribution in [1.82, 2.24) is 4.90 Å². The first-order chi connectivity index (χ1) is 9.61. The fourth-order valence-corrected chi connectivity index (χ4v) is 2.98. The topological polar surface area (TPSA) is 20.3 Å². The summed E-state index contributed by atoms with van der Waals surface area (Å²) in [5.41, 5.74) is 2.14. The molecule has 110 valence electrons. The number of carbonyl (C=O) groups excluding carboxylic acids is 1. The Morgan fingerprint density at radius 1 is 1.25 bits per heavy atom. The molecule has 1 heterocycles. The maximum absolute atomic E-state index is 12.6. The monoisotopic (exact) mass is 273 g/mol. The molecule has 0 aliphatic carbocycles. The van der Waals surface area contributed by atoms with Crippen LogP contribution in [0.1, 0.15) is 56.0 Å². The van der Waals surface area contributed by atoms with Crippen LogP contribution in [0, 0.1) is 5.92 Å². The molecule has 1 aliphatic rings. The second-order valence-corrected chi connectivity index (χ2v) is 6.16. The molecular formula is C18H27NO. The largest absolute Gasteiger partial charge is 0.293 e. The maximum atomic E-state index is 12.6. The number of benzene rings is 1. The fraction of sp³-hybridized carbons (Fsp3) is 0.611. The minimum Gasteiger partial charge on any atom is -0.293 e. The predicted molar refractivity (Wildman–Crippen MR) is 84.2 cm³/mol. The molecule has 2 unspecified atom stereocenters. The third kappa shape index (κ3) is 3.69. The summed E-state index contributed by atoms with van der Waals surface area (Å²) in [6, 6.07) is 8.12. The van der Waals surface area contributed by atoms with Crippen LogP contribution in [0.4, 0.5) is 0 Å². The SMILES string of the molecule is CCc1ccc(C(=O)C(C)N2CCCC(C)CC2)cc1. The van der Waals surface area contributed by atoms with Crippen LogP contribution in [0.3, 0.4) is 0 Å². The van der Waals surface area contributed by atoms with Gasteiger partial charge in [-0.25, -0.2) is 0 Å². The van der Waals surface area contributed by atoms with Crippen molar-refractivity contribution in [3.05, 3.63) is 35.4 Å². The molecule has 1 fully saturated rings. The van der Waals surface area contributed by atoms with E-state index in [-0.39, 0.29) is 11.8 Å². The van der Waals surface area contributed by atoms with Gasteiger partial charge in [-0.3, -0.25) is 9.69 Å². The second kappa shape index (κ2) is 7.03. The molecule has 2 nitrogen and oxygen atoms in total. The van der Waals surface area contributed by atoms with Crippen LogP contribution in [0.15, 0.2) is 24.3 Å². The summed E-state index contributed by atoms with van der Waals surface area (Å²) in [6.07, 6.45) is 4.75. The van der Waals surface area contributed by atoms with E-state index in [0.29, 0.717) is 0 Å². The van der Waals surface area contributed by atoms with Crippen LogP contribution in [0.5, 0.6) is 0 Å². The van der Waals surface area contributed by atoms with E-state index in [9.17, 15) is 4.79 Å². The number of likely N-dealkylation sites (tertiary alicyclic amines) is 1. The standard InChI is InChI=1S/C18H27NO/c1-4-16-7-9-17(10-8-16)18(20)15(3)19-12-5-6-14(2)11-13-19/h7-10,14-15H,4-6,11-13H2,1-3H3. The van der Waals surface area contributed by atoms with Gasteiger partial charge in [-0.15, -0.1) is 0 Å². The quantitative estimate of drug-likeness (QED) is 0.774. The average Bonchev–Trinajstić information content (AvgIpc) is 2.70. The van der Waals surface area contributed by atoms with E-state index in [1.807, 2.05) is 12.1 Å². The summed E-state index contributed by atoms with van der Waals surface area (Å²) < 4.78 is 0. The first-order valence-corrected chi connectivity index (χ1v) is 7.99. The summed E-state index contributed by atoms with van der Waals surface area (Å²) in [4.78, 5) is 15.0. The molecule has 1 saturated heterocycles. The molecule has 1 aliphatic heterocycles. The van der Waals surface area contributed by atoms with Crippen molar-refractivity contribution in [3.63, 3.8) is 0 Å². The van der Waals surface area contributed by atoms with E-state index >= 15 is 0 Å². The van der Waals surface area contributed by atoms with Crippen LogP contribution >= 0.6 is 0 Å². The lowest BCUT2D eigenvalue weighted by molar-refractivity contribution is 0.0841. The molecule has 0 spiro atoms. The van der Waals surface area contributed by atoms with Crippen molar-refractivity contribution in [2.45, 2.75) is 52.5 Å². The Bertz CT molecular complexity index is 437. The van der Waals surface area contributed by atoms with Gasteiger partial charge in [0.2, 0.25) is 0 Å². The molecule has 0 radical (unpaired) electrons. The molecule has 20 heavy (non-hydrogen) atoms. The molecule has 2 rings (SSSR count). The zero-order valence-corrected chi connectivity index (χ0v) is 13.1. The van der Waals surface area contributed by atoms with E-state index in [2.05, 4.69) is 37.8 Å². The molecule has 1 aromatic rings. The number of nitrogens with zero attached hydrogens (tertiary/aromatic N) is 1. The highest BCUT2D eigenvalue weighted by molar-refractivity contribution is 5.99. The minimum atomic E-state index is 0.00720. The molecule has 0 amide bonds. The van der Waals surface area contributed by atoms with Gasteiger partial charge in [0, 0.05) is 5.56 Å². The fourth-order valence-electron chi connectivity index (χ4n) is 2.98. The Hall–Kier alpha value is -1.15. The lowest BCUT2D eigenvalue weighted by Crippen LogP contribution is -2.39. The summed E-state index contributed by atoms with van der Waals surface area (Å²) in [6.45, 7) is 8.63. The van der Waals surface area contributed by atoms with E-state index in [4.69, 9.17) is 0 Å². The highest BCUT2D eigenvalue weighted by Gasteiger charge is 2.24. The number of aryl methyl sites for hydroxylation is 1. The van der Waals surface area contributed by atoms with E-state index in [1.165, 1.54) is 24.8 Å². The highest BCUT2D eigenvalue weighted by atomic mass is 16.1. The Balaban J connectivity index is 2.03. The van der Waals surface area contributed by atoms with Crippen molar-refractivity contribution in [1.29, 1.82) is 0 Å². The lowest BCUT2D eigenvalue weighted by atomic mass is 10.0. The second-order valence-electron chi connectivity index (χ2n) is 6.16. The van der Waals surface area contributed by atoms with Gasteiger partial charge < -0.3 is 0 Å². The molecule has 0 saturated carbocycles. The summed E-state index contributed by atoms with van der Waals surface area (Å²) >= 11 is 0. The van der Waals surface area contributed by atoms with Gasteiger partial charge >= 0.3 is 0 Å². The van der Waals surface area contributed by atoms with Crippen molar-refractivity contribution in [2.24, 2.45) is 5.92 Å². The molecule has 0 bridgehead atoms. The first kappa shape index (κ1) is 15.2. The number of hydrogen-bond acceptors (Lipinski definition) is 2. The Morgan fingerprint density at radius 3 is 2.60 bits per heavy atom. The van der Waals surface area contributed by atoms with E-state index in [0.717, 1.165) is 31.0 Å². The molecule has 1 aromatic carbocycles. The maximum Gasteiger partial charge on any atom is 0.179 e. The van der Waals surface area contributed by atoms with Crippen LogP contribution in [-0.2, 0) is 6.42 Å². The molecule has 2 heteroatoms. The predicted octanol–water partition coefficient (Wildman–Crippen LogP) is 3.94. The van der Waals surface area contributed by atoms with Gasteiger partial charge in [0.15, 0.2) is 5.78 Å². The molecule has 2 atom stereocenters. The Labute approximate surface area is 123 Å². The number of Topliss-reactive ketones (excluding diaryl/α,β-unsaturated/α-hetero) is 1. The number of carbonyl (C=O) groups is 1. The van der Waals surface area contributed by atoms with Gasteiger partial charge in [-0.1, -0.05) is 38.1 Å². The zero-order chi connectivity index (χ0) is 14.5. The van der Waals surface area contributed by atoms with Gasteiger partial charge in [0.05, 0.1) is 6.04 Å². The van der Waals surface area contributed by atoms with Gasteiger partial charge in [-0.2, -0.15) is 0 Å². The van der Waals surface area contributed by atoms with Crippen molar-refractivity contribution < 1.29 is 4.79 Å². The minimum absolute atomic E-state index is 0.00720. The van der Waals surface area contributed by atoms with Crippen LogP contribution in [0.25, 0.3) is 0 Å². The third-order valence-corrected chi connectivity index (χ3v) is 4.63. The van der Waals surface area contributed by atoms with Crippen LogP contribution < -0.4 is 0 Å². The number of hydrogen-bond donors (Lipinski definition) is 0. The summed E-state index contributed by atoms with van der Waals surface area (Å²) in [5.74, 6) is 1.06. The molecule has 0 N–H and O–H groups in total. The van der Waals surface area contributed by atoms with Crippen molar-refractivity contribution in [3.8, 4) is 0 Å². The van der Waals surface area contributed by atoms with Crippen molar-refractivity contribution >= 4 is 5.78 Å². The lowest BCUT2D eigenvalue weighted by Gasteiger charge is -2.26. The summed E-state index contributed by atoms with van der Waals surface area (Å²) in [5, 5.41) is 0. The number of rotatable bonds is 4. The third-order valence-electron chi connectivity index (χ3n) is 4.63. The first-order valence-electron chi connectivity index (χ1n) is 7.99. The van der Waals surface area contributed by atoms with E-state index in [1.54, 1.807) is 0 Å². The van der Waals surface area contributed by atoms with Crippen molar-refractivity contribution in [2.75, 3.05) is 13.1 Å². The van der Waals surface area contributed by atoms with Gasteiger partial charge in [0.1, 0.15) is 0 Å². The van der Waals surface area contributed by atoms with Gasteiger partial charge in [-0.05, 0) is 57.2 Å². The molecule has 0 aromatic heterocycles. The summed E-state index contributed by atoms with van der Waals surface area (Å²) in [7, 11) is 0. The normalized spacial score (nSPS) is 22.2. The average molecular weight is 273 g/mol. The highest BCUT2D eigenvalue weighted by Crippen LogP contribution is 2.20. The Morgan fingerprint density at radius 2 is 1.95 bits per heavy atom. The number of ketones is 1. The van der Waals surface area contributed by atoms with Gasteiger partial charge in [0.25, 0.3) is 0 Å². The smallest absolute Gasteiger partial charge is 0.179 e. The van der Waals surface area contributed by atoms with Crippen LogP contribution in [0.2, 0.25) is 0 Å². The molecular weight excluding hydrogens is 246 g/mol. The van der Waals surface area contributed by atoms with Crippen LogP contribution in [-0.4, -0.2) is 29.8 Å². The Kier molecular flexibility index (Phi) is 5.36. The zero-order valence-electron chi connectivity index (χ0n) is 13.1.